The summed E-state index contributed by atoms with van der Waals surface area (Å²) in [5, 5.41) is 14.3. The number of aryl methyl sites for hydroxylation is 2. The van der Waals surface area contributed by atoms with Crippen LogP contribution in [-0.4, -0.2) is 26.5 Å². The average Bonchev–Trinajstić information content (AvgIpc) is 2.85. The van der Waals surface area contributed by atoms with Crippen molar-refractivity contribution in [1.82, 2.24) is 14.7 Å². The summed E-state index contributed by atoms with van der Waals surface area (Å²) in [5.41, 5.74) is 3.15. The molecule has 0 aliphatic heterocycles. The molecule has 104 valence electrons. The number of rotatable bonds is 6. The Balaban J connectivity index is 2.18. The lowest BCUT2D eigenvalue weighted by atomic mass is 10.1. The topological polar surface area (TPSA) is 66.6 Å². The van der Waals surface area contributed by atoms with Crippen molar-refractivity contribution in [2.75, 3.05) is 0 Å². The third-order valence-electron chi connectivity index (χ3n) is 3.22. The first kappa shape index (κ1) is 14.0. The molecule has 6 heteroatoms. The van der Waals surface area contributed by atoms with Gasteiger partial charge in [0.25, 0.3) is 0 Å². The summed E-state index contributed by atoms with van der Waals surface area (Å²) < 4.78 is 2.10. The zero-order chi connectivity index (χ0) is 14.0. The lowest BCUT2D eigenvalue weighted by Crippen LogP contribution is -2.36. The van der Waals surface area contributed by atoms with E-state index in [1.165, 1.54) is 0 Å². The number of nitrogens with one attached hydrogen (secondary N) is 1. The number of aromatic nitrogens is 2. The van der Waals surface area contributed by atoms with E-state index in [9.17, 15) is 4.79 Å². The number of imidazole rings is 1. The second-order valence-electron chi connectivity index (χ2n) is 4.70. The number of fused-ring (bicyclic) bond motifs is 1. The molecule has 0 aromatic carbocycles. The fraction of sp³-hybridized carbons (Fsp3) is 0.538. The molecule has 0 amide bonds. The molecule has 0 saturated carbocycles. The van der Waals surface area contributed by atoms with E-state index in [1.54, 1.807) is 11.3 Å². The molecule has 2 rings (SSSR count). The molecule has 1 unspecified atom stereocenters. The van der Waals surface area contributed by atoms with E-state index in [0.717, 1.165) is 28.5 Å². The van der Waals surface area contributed by atoms with Crippen molar-refractivity contribution in [3.63, 3.8) is 0 Å². The van der Waals surface area contributed by atoms with Crippen LogP contribution >= 0.6 is 11.3 Å². The molecule has 1 atom stereocenters. The van der Waals surface area contributed by atoms with Crippen LogP contribution < -0.4 is 5.32 Å². The van der Waals surface area contributed by atoms with Crippen molar-refractivity contribution in [3.05, 3.63) is 22.5 Å². The second kappa shape index (κ2) is 5.71. The van der Waals surface area contributed by atoms with Gasteiger partial charge in [-0.1, -0.05) is 13.3 Å². The molecule has 0 spiro atoms. The highest BCUT2D eigenvalue weighted by Crippen LogP contribution is 2.20. The van der Waals surface area contributed by atoms with E-state index in [4.69, 9.17) is 5.11 Å². The van der Waals surface area contributed by atoms with Gasteiger partial charge in [0.2, 0.25) is 0 Å². The number of hydrogen-bond acceptors (Lipinski definition) is 4. The monoisotopic (exact) mass is 281 g/mol. The molecule has 2 aromatic heterocycles. The first-order chi connectivity index (χ1) is 9.04. The predicted molar refractivity (Wildman–Crippen MR) is 75.7 cm³/mol. The van der Waals surface area contributed by atoms with Gasteiger partial charge in [-0.25, -0.2) is 4.98 Å². The van der Waals surface area contributed by atoms with E-state index >= 15 is 0 Å². The number of aliphatic carboxylic acids is 1. The maximum atomic E-state index is 11.1. The van der Waals surface area contributed by atoms with Crippen molar-refractivity contribution in [1.29, 1.82) is 0 Å². The maximum absolute atomic E-state index is 11.1. The number of hydrogen-bond donors (Lipinski definition) is 2. The predicted octanol–water partition coefficient (Wildman–Crippen LogP) is 2.36. The normalized spacial score (nSPS) is 13.0. The molecular formula is C13H19N3O2S. The number of thiazole rings is 1. The Morgan fingerprint density at radius 1 is 1.58 bits per heavy atom. The molecule has 2 heterocycles. The standard InChI is InChI=1S/C13H19N3O2S/c1-4-5-10(12(17)18)14-6-11-9(3)15-13-16(11)8(2)7-19-13/h7,10,14H,4-6H2,1-3H3,(H,17,18). The first-order valence-corrected chi connectivity index (χ1v) is 7.30. The van der Waals surface area contributed by atoms with E-state index in [-0.39, 0.29) is 0 Å². The Labute approximate surface area is 116 Å². The SMILES string of the molecule is CCCC(NCc1c(C)nc2scc(C)n12)C(=O)O. The van der Waals surface area contributed by atoms with Crippen LogP contribution in [-0.2, 0) is 11.3 Å². The van der Waals surface area contributed by atoms with E-state index in [1.807, 2.05) is 20.8 Å². The Morgan fingerprint density at radius 2 is 2.32 bits per heavy atom. The van der Waals surface area contributed by atoms with Crippen molar-refractivity contribution in [2.24, 2.45) is 0 Å². The quantitative estimate of drug-likeness (QED) is 0.853. The van der Waals surface area contributed by atoms with Crippen molar-refractivity contribution in [3.8, 4) is 0 Å². The van der Waals surface area contributed by atoms with Crippen LogP contribution in [0.25, 0.3) is 4.96 Å². The van der Waals surface area contributed by atoms with Gasteiger partial charge in [-0.15, -0.1) is 11.3 Å². The molecule has 0 bridgehead atoms. The van der Waals surface area contributed by atoms with E-state index < -0.39 is 12.0 Å². The molecule has 0 saturated heterocycles. The lowest BCUT2D eigenvalue weighted by molar-refractivity contribution is -0.139. The Kier molecular flexibility index (Phi) is 4.21. The zero-order valence-corrected chi connectivity index (χ0v) is 12.3. The molecule has 19 heavy (non-hydrogen) atoms. The molecule has 5 nitrogen and oxygen atoms in total. The summed E-state index contributed by atoms with van der Waals surface area (Å²) in [4.78, 5) is 16.6. The van der Waals surface area contributed by atoms with Crippen LogP contribution in [0.5, 0.6) is 0 Å². The van der Waals surface area contributed by atoms with Crippen LogP contribution in [0.1, 0.15) is 36.8 Å². The molecule has 0 radical (unpaired) electrons. The number of carbonyl (C=O) groups is 1. The third-order valence-corrected chi connectivity index (χ3v) is 4.16. The van der Waals surface area contributed by atoms with Gasteiger partial charge in [0.15, 0.2) is 4.96 Å². The average molecular weight is 281 g/mol. The highest BCUT2D eigenvalue weighted by molar-refractivity contribution is 7.15. The van der Waals surface area contributed by atoms with E-state index in [2.05, 4.69) is 20.1 Å². The maximum Gasteiger partial charge on any atom is 0.320 e. The van der Waals surface area contributed by atoms with Gasteiger partial charge in [0.1, 0.15) is 6.04 Å². The Bertz CT molecular complexity index is 588. The van der Waals surface area contributed by atoms with Gasteiger partial charge in [-0.2, -0.15) is 0 Å². The lowest BCUT2D eigenvalue weighted by Gasteiger charge is -2.13. The number of nitrogens with zero attached hydrogens (tertiary/aromatic N) is 2. The molecule has 2 aromatic rings. The zero-order valence-electron chi connectivity index (χ0n) is 11.4. The summed E-state index contributed by atoms with van der Waals surface area (Å²) in [6, 6.07) is -0.492. The summed E-state index contributed by atoms with van der Waals surface area (Å²) in [5.74, 6) is -0.790. The minimum absolute atomic E-state index is 0.492. The summed E-state index contributed by atoms with van der Waals surface area (Å²) in [7, 11) is 0. The van der Waals surface area contributed by atoms with Crippen molar-refractivity contribution in [2.45, 2.75) is 46.2 Å². The minimum atomic E-state index is -0.790. The smallest absolute Gasteiger partial charge is 0.320 e. The number of carboxylic acids is 1. The summed E-state index contributed by atoms with van der Waals surface area (Å²) >= 11 is 1.61. The fourth-order valence-electron chi connectivity index (χ4n) is 2.20. The van der Waals surface area contributed by atoms with Gasteiger partial charge < -0.3 is 5.11 Å². The van der Waals surface area contributed by atoms with Gasteiger partial charge in [-0.05, 0) is 20.3 Å². The summed E-state index contributed by atoms with van der Waals surface area (Å²) in [6.07, 6.45) is 1.49. The highest BCUT2D eigenvalue weighted by Gasteiger charge is 2.18. The van der Waals surface area contributed by atoms with Gasteiger partial charge in [-0.3, -0.25) is 14.5 Å². The van der Waals surface area contributed by atoms with Crippen LogP contribution in [0.15, 0.2) is 5.38 Å². The van der Waals surface area contributed by atoms with Crippen LogP contribution in [0, 0.1) is 13.8 Å². The molecule has 0 aliphatic rings. The third kappa shape index (κ3) is 2.79. The van der Waals surface area contributed by atoms with E-state index in [0.29, 0.717) is 13.0 Å². The van der Waals surface area contributed by atoms with Gasteiger partial charge >= 0.3 is 5.97 Å². The van der Waals surface area contributed by atoms with Crippen molar-refractivity contribution >= 4 is 22.3 Å². The van der Waals surface area contributed by atoms with Crippen LogP contribution in [0.3, 0.4) is 0 Å². The van der Waals surface area contributed by atoms with Gasteiger partial charge in [0, 0.05) is 17.6 Å². The molecule has 0 fully saturated rings. The Hall–Kier alpha value is -1.40. The largest absolute Gasteiger partial charge is 0.480 e. The fourth-order valence-corrected chi connectivity index (χ4v) is 3.13. The Morgan fingerprint density at radius 3 is 2.95 bits per heavy atom. The molecular weight excluding hydrogens is 262 g/mol. The van der Waals surface area contributed by atoms with Gasteiger partial charge in [0.05, 0.1) is 11.4 Å². The molecule has 0 aliphatic carbocycles. The van der Waals surface area contributed by atoms with Crippen molar-refractivity contribution < 1.29 is 9.90 Å². The number of carboxylic acid groups (broad SMARTS) is 1. The first-order valence-electron chi connectivity index (χ1n) is 6.42. The highest BCUT2D eigenvalue weighted by atomic mass is 32.1. The summed E-state index contributed by atoms with van der Waals surface area (Å²) in [6.45, 7) is 6.52. The molecule has 2 N–H and O–H groups in total. The minimum Gasteiger partial charge on any atom is -0.480 e. The van der Waals surface area contributed by atoms with Crippen LogP contribution in [0.2, 0.25) is 0 Å². The second-order valence-corrected chi connectivity index (χ2v) is 5.54. The van der Waals surface area contributed by atoms with Crippen LogP contribution in [0.4, 0.5) is 0 Å².